The summed E-state index contributed by atoms with van der Waals surface area (Å²) in [6.07, 6.45) is 1.66. The van der Waals surface area contributed by atoms with Crippen LogP contribution in [-0.2, 0) is 0 Å². The fourth-order valence-corrected chi connectivity index (χ4v) is 1.30. The van der Waals surface area contributed by atoms with Crippen molar-refractivity contribution >= 4 is 23.2 Å². The van der Waals surface area contributed by atoms with Crippen molar-refractivity contribution in [3.63, 3.8) is 0 Å². The Labute approximate surface area is 106 Å². The van der Waals surface area contributed by atoms with Crippen LogP contribution < -0.4 is 15.4 Å². The standard InChI is InChI=1S/C12H14N2O2S/c1-3-8-13-12(17)14-11(15)9-4-6-10(16-2)7-5-9/h3-7H,1,8H2,2H3,(H2,13,14,15,17). The normalized spacial score (nSPS) is 9.24. The highest BCUT2D eigenvalue weighted by molar-refractivity contribution is 7.80. The Morgan fingerprint density at radius 2 is 2.12 bits per heavy atom. The van der Waals surface area contributed by atoms with Crippen LogP contribution in [0.15, 0.2) is 36.9 Å². The molecule has 1 aromatic carbocycles. The predicted octanol–water partition coefficient (Wildman–Crippen LogP) is 1.49. The zero-order chi connectivity index (χ0) is 12.7. The van der Waals surface area contributed by atoms with Crippen LogP contribution in [0.2, 0.25) is 0 Å². The number of methoxy groups -OCH3 is 1. The first-order chi connectivity index (χ1) is 8.17. The second-order valence-corrected chi connectivity index (χ2v) is 3.59. The minimum atomic E-state index is -0.255. The van der Waals surface area contributed by atoms with Gasteiger partial charge < -0.3 is 10.1 Å². The zero-order valence-corrected chi connectivity index (χ0v) is 10.3. The van der Waals surface area contributed by atoms with Gasteiger partial charge in [0.05, 0.1) is 7.11 Å². The molecule has 90 valence electrons. The Bertz CT molecular complexity index is 415. The van der Waals surface area contributed by atoms with Gasteiger partial charge in [0.2, 0.25) is 0 Å². The van der Waals surface area contributed by atoms with Gasteiger partial charge in [0, 0.05) is 12.1 Å². The van der Waals surface area contributed by atoms with Crippen molar-refractivity contribution in [1.82, 2.24) is 10.6 Å². The lowest BCUT2D eigenvalue weighted by atomic mass is 10.2. The van der Waals surface area contributed by atoms with E-state index in [1.807, 2.05) is 0 Å². The molecule has 2 N–H and O–H groups in total. The number of amides is 1. The predicted molar refractivity (Wildman–Crippen MR) is 71.3 cm³/mol. The Balaban J connectivity index is 2.57. The molecule has 5 heteroatoms. The Morgan fingerprint density at radius 3 is 2.65 bits per heavy atom. The first-order valence-corrected chi connectivity index (χ1v) is 5.42. The number of hydrogen-bond donors (Lipinski definition) is 2. The number of rotatable bonds is 4. The highest BCUT2D eigenvalue weighted by Crippen LogP contribution is 2.10. The van der Waals surface area contributed by atoms with Gasteiger partial charge in [-0.25, -0.2) is 0 Å². The molecule has 0 aromatic heterocycles. The molecule has 17 heavy (non-hydrogen) atoms. The molecule has 0 bridgehead atoms. The van der Waals surface area contributed by atoms with E-state index < -0.39 is 0 Å². The molecule has 0 radical (unpaired) electrons. The molecule has 0 spiro atoms. The van der Waals surface area contributed by atoms with Crippen molar-refractivity contribution in [3.8, 4) is 5.75 Å². The lowest BCUT2D eigenvalue weighted by molar-refractivity contribution is 0.0976. The molecule has 0 fully saturated rings. The van der Waals surface area contributed by atoms with Crippen molar-refractivity contribution < 1.29 is 9.53 Å². The molecule has 1 rings (SSSR count). The second kappa shape index (κ2) is 6.65. The summed E-state index contributed by atoms with van der Waals surface area (Å²) < 4.78 is 5.00. The SMILES string of the molecule is C=CCNC(=S)NC(=O)c1ccc(OC)cc1. The molecule has 0 aliphatic carbocycles. The molecular formula is C12H14N2O2S. The van der Waals surface area contributed by atoms with Gasteiger partial charge in [-0.2, -0.15) is 0 Å². The van der Waals surface area contributed by atoms with Gasteiger partial charge >= 0.3 is 0 Å². The van der Waals surface area contributed by atoms with E-state index in [0.29, 0.717) is 17.9 Å². The maximum absolute atomic E-state index is 11.7. The zero-order valence-electron chi connectivity index (χ0n) is 9.53. The molecule has 0 atom stereocenters. The third kappa shape index (κ3) is 4.24. The third-order valence-corrected chi connectivity index (χ3v) is 2.23. The van der Waals surface area contributed by atoms with Crippen molar-refractivity contribution in [2.24, 2.45) is 0 Å². The summed E-state index contributed by atoms with van der Waals surface area (Å²) in [6, 6.07) is 6.78. The van der Waals surface area contributed by atoms with E-state index in [1.54, 1.807) is 37.5 Å². The molecule has 0 heterocycles. The van der Waals surface area contributed by atoms with E-state index in [2.05, 4.69) is 17.2 Å². The van der Waals surface area contributed by atoms with Crippen LogP contribution in [0.5, 0.6) is 5.75 Å². The van der Waals surface area contributed by atoms with Crippen LogP contribution in [0.25, 0.3) is 0 Å². The number of benzene rings is 1. The summed E-state index contributed by atoms with van der Waals surface area (Å²) >= 11 is 4.93. The summed E-state index contributed by atoms with van der Waals surface area (Å²) in [6.45, 7) is 4.06. The Kier molecular flexibility index (Phi) is 5.16. The van der Waals surface area contributed by atoms with Crippen LogP contribution in [0.1, 0.15) is 10.4 Å². The number of carbonyl (C=O) groups is 1. The van der Waals surface area contributed by atoms with Gasteiger partial charge in [-0.3, -0.25) is 10.1 Å². The van der Waals surface area contributed by atoms with Crippen LogP contribution in [0.3, 0.4) is 0 Å². The average Bonchev–Trinajstić information content (AvgIpc) is 2.36. The van der Waals surface area contributed by atoms with Crippen LogP contribution in [0, 0.1) is 0 Å². The minimum Gasteiger partial charge on any atom is -0.497 e. The largest absolute Gasteiger partial charge is 0.497 e. The first-order valence-electron chi connectivity index (χ1n) is 5.01. The highest BCUT2D eigenvalue weighted by Gasteiger charge is 2.06. The van der Waals surface area contributed by atoms with E-state index in [-0.39, 0.29) is 11.0 Å². The lowest BCUT2D eigenvalue weighted by Gasteiger charge is -2.08. The quantitative estimate of drug-likeness (QED) is 0.628. The second-order valence-electron chi connectivity index (χ2n) is 3.18. The van der Waals surface area contributed by atoms with Crippen molar-refractivity contribution in [2.45, 2.75) is 0 Å². The van der Waals surface area contributed by atoms with E-state index in [0.717, 1.165) is 0 Å². The fraction of sp³-hybridized carbons (Fsp3) is 0.167. The molecule has 0 aliphatic heterocycles. The molecule has 4 nitrogen and oxygen atoms in total. The number of thiocarbonyl (C=S) groups is 1. The summed E-state index contributed by atoms with van der Waals surface area (Å²) in [7, 11) is 1.57. The topological polar surface area (TPSA) is 50.4 Å². The van der Waals surface area contributed by atoms with E-state index in [9.17, 15) is 4.79 Å². The molecule has 0 aliphatic rings. The van der Waals surface area contributed by atoms with E-state index >= 15 is 0 Å². The monoisotopic (exact) mass is 250 g/mol. The van der Waals surface area contributed by atoms with Crippen LogP contribution in [-0.4, -0.2) is 24.7 Å². The smallest absolute Gasteiger partial charge is 0.257 e. The number of carbonyl (C=O) groups excluding carboxylic acids is 1. The van der Waals surface area contributed by atoms with Gasteiger partial charge in [0.1, 0.15) is 5.75 Å². The first kappa shape index (κ1) is 13.2. The summed E-state index contributed by atoms with van der Waals surface area (Å²) in [5.74, 6) is 0.447. The van der Waals surface area contributed by atoms with Gasteiger partial charge in [0.15, 0.2) is 5.11 Å². The van der Waals surface area contributed by atoms with Crippen LogP contribution in [0.4, 0.5) is 0 Å². The number of nitrogens with one attached hydrogen (secondary N) is 2. The molecular weight excluding hydrogens is 236 g/mol. The van der Waals surface area contributed by atoms with Gasteiger partial charge in [-0.15, -0.1) is 6.58 Å². The molecule has 1 amide bonds. The summed E-state index contributed by atoms with van der Waals surface area (Å²) in [5, 5.41) is 5.66. The number of ether oxygens (including phenoxy) is 1. The number of hydrogen-bond acceptors (Lipinski definition) is 3. The lowest BCUT2D eigenvalue weighted by Crippen LogP contribution is -2.39. The summed E-state index contributed by atoms with van der Waals surface area (Å²) in [5.41, 5.74) is 0.522. The van der Waals surface area contributed by atoms with Crippen molar-refractivity contribution in [1.29, 1.82) is 0 Å². The van der Waals surface area contributed by atoms with Gasteiger partial charge in [0.25, 0.3) is 5.91 Å². The minimum absolute atomic E-state index is 0.255. The van der Waals surface area contributed by atoms with E-state index in [1.165, 1.54) is 0 Å². The third-order valence-electron chi connectivity index (χ3n) is 1.99. The maximum atomic E-state index is 11.7. The van der Waals surface area contributed by atoms with E-state index in [4.69, 9.17) is 17.0 Å². The Morgan fingerprint density at radius 1 is 1.47 bits per heavy atom. The molecule has 0 unspecified atom stereocenters. The highest BCUT2D eigenvalue weighted by atomic mass is 32.1. The molecule has 1 aromatic rings. The van der Waals surface area contributed by atoms with Crippen LogP contribution >= 0.6 is 12.2 Å². The fourth-order valence-electron chi connectivity index (χ4n) is 1.13. The van der Waals surface area contributed by atoms with Gasteiger partial charge in [-0.05, 0) is 36.5 Å². The average molecular weight is 250 g/mol. The summed E-state index contributed by atoms with van der Waals surface area (Å²) in [4.78, 5) is 11.7. The molecule has 0 saturated carbocycles. The molecule has 0 saturated heterocycles. The van der Waals surface area contributed by atoms with Gasteiger partial charge in [-0.1, -0.05) is 6.08 Å². The Hall–Kier alpha value is -1.88. The maximum Gasteiger partial charge on any atom is 0.257 e. The van der Waals surface area contributed by atoms with Crippen molar-refractivity contribution in [2.75, 3.05) is 13.7 Å². The van der Waals surface area contributed by atoms with Crippen molar-refractivity contribution in [3.05, 3.63) is 42.5 Å².